The van der Waals surface area contributed by atoms with Crippen molar-refractivity contribution in [1.29, 1.82) is 0 Å². The van der Waals surface area contributed by atoms with Gasteiger partial charge >= 0.3 is 6.18 Å². The number of rotatable bonds is 3. The smallest absolute Gasteiger partial charge is 0.416 e. The largest absolute Gasteiger partial charge is 0.484 e. The van der Waals surface area contributed by atoms with E-state index in [0.29, 0.717) is 13.1 Å². The lowest BCUT2D eigenvalue weighted by molar-refractivity contribution is -0.137. The van der Waals surface area contributed by atoms with Crippen LogP contribution >= 0.6 is 12.4 Å². The van der Waals surface area contributed by atoms with Crippen molar-refractivity contribution in [2.45, 2.75) is 25.1 Å². The summed E-state index contributed by atoms with van der Waals surface area (Å²) in [5.41, 5.74) is 4.95. The van der Waals surface area contributed by atoms with Crippen LogP contribution in [0.15, 0.2) is 24.3 Å². The van der Waals surface area contributed by atoms with Crippen LogP contribution in [0, 0.1) is 0 Å². The number of likely N-dealkylation sites (tertiary alicyclic amines) is 1. The van der Waals surface area contributed by atoms with Gasteiger partial charge in [-0.3, -0.25) is 4.79 Å². The predicted molar refractivity (Wildman–Crippen MR) is 78.0 cm³/mol. The molecule has 0 aromatic heterocycles. The number of hydrogen-bond donors (Lipinski definition) is 1. The predicted octanol–water partition coefficient (Wildman–Crippen LogP) is 2.46. The molecular weight excluding hydrogens is 321 g/mol. The number of carbonyl (C=O) groups excluding carboxylic acids is 1. The summed E-state index contributed by atoms with van der Waals surface area (Å²) in [5, 5.41) is 0. The Bertz CT molecular complexity index is 503. The van der Waals surface area contributed by atoms with Gasteiger partial charge in [0.15, 0.2) is 6.61 Å². The minimum Gasteiger partial charge on any atom is -0.484 e. The van der Waals surface area contributed by atoms with Crippen LogP contribution in [0.4, 0.5) is 13.2 Å². The number of ether oxygens (including phenoxy) is 1. The Hall–Kier alpha value is -1.47. The molecule has 1 aliphatic rings. The number of piperidine rings is 1. The van der Waals surface area contributed by atoms with Gasteiger partial charge in [0.25, 0.3) is 5.91 Å². The van der Waals surface area contributed by atoms with Gasteiger partial charge in [-0.2, -0.15) is 13.2 Å². The van der Waals surface area contributed by atoms with Gasteiger partial charge in [-0.25, -0.2) is 0 Å². The Morgan fingerprint density at radius 3 is 2.55 bits per heavy atom. The third kappa shape index (κ3) is 5.06. The second kappa shape index (κ2) is 7.69. The lowest BCUT2D eigenvalue weighted by Gasteiger charge is -2.30. The quantitative estimate of drug-likeness (QED) is 0.921. The third-order valence-corrected chi connectivity index (χ3v) is 3.42. The molecule has 1 fully saturated rings. The highest BCUT2D eigenvalue weighted by Crippen LogP contribution is 2.31. The number of nitrogens with zero attached hydrogens (tertiary/aromatic N) is 1. The second-order valence-corrected chi connectivity index (χ2v) is 5.03. The van der Waals surface area contributed by atoms with E-state index in [1.54, 1.807) is 4.90 Å². The fourth-order valence-corrected chi connectivity index (χ4v) is 2.15. The molecule has 1 aliphatic heterocycles. The number of nitrogens with two attached hydrogens (primary N) is 1. The number of halogens is 4. The minimum absolute atomic E-state index is 0. The van der Waals surface area contributed by atoms with Crippen molar-refractivity contribution in [3.05, 3.63) is 29.8 Å². The van der Waals surface area contributed by atoms with Crippen LogP contribution in [0.1, 0.15) is 18.4 Å². The molecule has 0 unspecified atom stereocenters. The van der Waals surface area contributed by atoms with Crippen LogP contribution < -0.4 is 10.5 Å². The first-order valence-electron chi connectivity index (χ1n) is 6.69. The van der Waals surface area contributed by atoms with E-state index in [4.69, 9.17) is 10.5 Å². The summed E-state index contributed by atoms with van der Waals surface area (Å²) in [6.07, 6.45) is -2.96. The van der Waals surface area contributed by atoms with Crippen LogP contribution in [0.25, 0.3) is 0 Å². The van der Waals surface area contributed by atoms with Crippen molar-refractivity contribution in [2.24, 2.45) is 5.73 Å². The van der Waals surface area contributed by atoms with Crippen molar-refractivity contribution < 1.29 is 22.7 Å². The molecule has 1 saturated heterocycles. The number of alkyl halides is 3. The van der Waals surface area contributed by atoms with Crippen molar-refractivity contribution in [3.8, 4) is 5.75 Å². The lowest BCUT2D eigenvalue weighted by atomic mass is 10.1. The highest BCUT2D eigenvalue weighted by molar-refractivity contribution is 5.85. The van der Waals surface area contributed by atoms with Crippen molar-refractivity contribution in [1.82, 2.24) is 4.90 Å². The summed E-state index contributed by atoms with van der Waals surface area (Å²) < 4.78 is 42.8. The Morgan fingerprint density at radius 2 is 1.95 bits per heavy atom. The minimum atomic E-state index is -4.42. The monoisotopic (exact) mass is 338 g/mol. The number of amides is 1. The molecule has 0 spiro atoms. The summed E-state index contributed by atoms with van der Waals surface area (Å²) in [6.45, 7) is 0.856. The van der Waals surface area contributed by atoms with E-state index in [2.05, 4.69) is 0 Å². The highest BCUT2D eigenvalue weighted by Gasteiger charge is 2.30. The average Bonchev–Trinajstić information content (AvgIpc) is 2.45. The maximum Gasteiger partial charge on any atom is 0.416 e. The molecule has 0 aliphatic carbocycles. The first kappa shape index (κ1) is 18.6. The van der Waals surface area contributed by atoms with Gasteiger partial charge in [0, 0.05) is 19.1 Å². The number of carbonyl (C=O) groups is 1. The van der Waals surface area contributed by atoms with Gasteiger partial charge in [0.2, 0.25) is 0 Å². The van der Waals surface area contributed by atoms with E-state index in [1.807, 2.05) is 0 Å². The molecule has 2 N–H and O–H groups in total. The van der Waals surface area contributed by atoms with Crippen LogP contribution in [0.5, 0.6) is 5.75 Å². The molecule has 0 atom stereocenters. The number of hydrogen-bond acceptors (Lipinski definition) is 3. The van der Waals surface area contributed by atoms with E-state index < -0.39 is 11.7 Å². The lowest BCUT2D eigenvalue weighted by Crippen LogP contribution is -2.44. The average molecular weight is 339 g/mol. The SMILES string of the molecule is Cl.NC1CCN(C(=O)COc2cccc(C(F)(F)F)c2)CC1. The van der Waals surface area contributed by atoms with E-state index in [1.165, 1.54) is 12.1 Å². The molecule has 1 heterocycles. The summed E-state index contributed by atoms with van der Waals surface area (Å²) in [4.78, 5) is 13.5. The third-order valence-electron chi connectivity index (χ3n) is 3.42. The van der Waals surface area contributed by atoms with Crippen molar-refractivity contribution in [2.75, 3.05) is 19.7 Å². The van der Waals surface area contributed by atoms with Crippen LogP contribution in [-0.2, 0) is 11.0 Å². The molecule has 0 bridgehead atoms. The summed E-state index contributed by atoms with van der Waals surface area (Å²) in [7, 11) is 0. The van der Waals surface area contributed by atoms with Crippen molar-refractivity contribution >= 4 is 18.3 Å². The molecule has 2 rings (SSSR count). The molecule has 1 aromatic carbocycles. The molecule has 8 heteroatoms. The van der Waals surface area contributed by atoms with Crippen LogP contribution in [-0.4, -0.2) is 36.5 Å². The molecule has 0 saturated carbocycles. The first-order valence-corrected chi connectivity index (χ1v) is 6.69. The van der Waals surface area contributed by atoms with Gasteiger partial charge in [0.1, 0.15) is 5.75 Å². The maximum atomic E-state index is 12.6. The van der Waals surface area contributed by atoms with E-state index in [9.17, 15) is 18.0 Å². The topological polar surface area (TPSA) is 55.6 Å². The van der Waals surface area contributed by atoms with Crippen LogP contribution in [0.3, 0.4) is 0 Å². The Labute approximate surface area is 132 Å². The molecule has 124 valence electrons. The van der Waals surface area contributed by atoms with E-state index >= 15 is 0 Å². The molecular formula is C14H18ClF3N2O2. The van der Waals surface area contributed by atoms with Gasteiger partial charge in [-0.15, -0.1) is 12.4 Å². The zero-order valence-corrected chi connectivity index (χ0v) is 12.6. The first-order chi connectivity index (χ1) is 9.86. The summed E-state index contributed by atoms with van der Waals surface area (Å²) >= 11 is 0. The van der Waals surface area contributed by atoms with E-state index in [0.717, 1.165) is 25.0 Å². The maximum absolute atomic E-state index is 12.6. The zero-order valence-electron chi connectivity index (χ0n) is 11.8. The standard InChI is InChI=1S/C14H17F3N2O2.ClH/c15-14(16,17)10-2-1-3-12(8-10)21-9-13(20)19-6-4-11(18)5-7-19;/h1-3,8,11H,4-7,9,18H2;1H. The highest BCUT2D eigenvalue weighted by atomic mass is 35.5. The van der Waals surface area contributed by atoms with E-state index in [-0.39, 0.29) is 36.7 Å². The Kier molecular flexibility index (Phi) is 6.49. The molecule has 22 heavy (non-hydrogen) atoms. The number of benzene rings is 1. The molecule has 1 amide bonds. The van der Waals surface area contributed by atoms with Gasteiger partial charge in [-0.05, 0) is 31.0 Å². The Balaban J connectivity index is 0.00000242. The van der Waals surface area contributed by atoms with Gasteiger partial charge in [0.05, 0.1) is 5.56 Å². The second-order valence-electron chi connectivity index (χ2n) is 5.03. The molecule has 0 radical (unpaired) electrons. The fraction of sp³-hybridized carbons (Fsp3) is 0.500. The molecule has 4 nitrogen and oxygen atoms in total. The van der Waals surface area contributed by atoms with Gasteiger partial charge in [-0.1, -0.05) is 6.07 Å². The normalized spacial score (nSPS) is 16.1. The summed E-state index contributed by atoms with van der Waals surface area (Å²) in [5.74, 6) is -0.203. The fourth-order valence-electron chi connectivity index (χ4n) is 2.15. The summed E-state index contributed by atoms with van der Waals surface area (Å²) in [6, 6.07) is 4.61. The zero-order chi connectivity index (χ0) is 15.5. The molecule has 1 aromatic rings. The van der Waals surface area contributed by atoms with Crippen LogP contribution in [0.2, 0.25) is 0 Å². The van der Waals surface area contributed by atoms with Gasteiger partial charge < -0.3 is 15.4 Å². The van der Waals surface area contributed by atoms with Crippen molar-refractivity contribution in [3.63, 3.8) is 0 Å². The Morgan fingerprint density at radius 1 is 1.32 bits per heavy atom.